The molecule has 9 heteroatoms. The number of aromatic nitrogens is 6. The molecule has 29 heavy (non-hydrogen) atoms. The van der Waals surface area contributed by atoms with Crippen molar-refractivity contribution in [2.24, 2.45) is 0 Å². The van der Waals surface area contributed by atoms with Crippen LogP contribution in [-0.4, -0.2) is 29.3 Å². The first-order valence-corrected chi connectivity index (χ1v) is 11.4. The van der Waals surface area contributed by atoms with Gasteiger partial charge in [0, 0.05) is 35.2 Å². The number of hydrogen-bond acceptors (Lipinski definition) is 7. The predicted molar refractivity (Wildman–Crippen MR) is 118 cm³/mol. The largest absolute Gasteiger partial charge is 0.269 e. The van der Waals surface area contributed by atoms with Crippen molar-refractivity contribution in [1.29, 1.82) is 0 Å². The Bertz CT molecular complexity index is 1090. The molecule has 0 fully saturated rings. The quantitative estimate of drug-likeness (QED) is 0.364. The van der Waals surface area contributed by atoms with Crippen LogP contribution < -0.4 is 0 Å². The van der Waals surface area contributed by atoms with Crippen LogP contribution in [-0.2, 0) is 18.6 Å². The molecular weight excluding hydrogens is 424 g/mol. The van der Waals surface area contributed by atoms with Gasteiger partial charge in [0.25, 0.3) is 0 Å². The molecule has 0 aliphatic rings. The second-order valence-electron chi connectivity index (χ2n) is 6.30. The van der Waals surface area contributed by atoms with Gasteiger partial charge in [-0.1, -0.05) is 59.9 Å². The summed E-state index contributed by atoms with van der Waals surface area (Å²) in [5, 5.41) is 13.9. The first-order valence-electron chi connectivity index (χ1n) is 9.29. The number of benzene rings is 1. The predicted octanol–water partition coefficient (Wildman–Crippen LogP) is 5.25. The van der Waals surface area contributed by atoms with Gasteiger partial charge >= 0.3 is 0 Å². The summed E-state index contributed by atoms with van der Waals surface area (Å²) in [6.45, 7) is 4.33. The van der Waals surface area contributed by atoms with Crippen molar-refractivity contribution in [2.75, 3.05) is 0 Å². The smallest absolute Gasteiger partial charge is 0.196 e. The number of hydrogen-bond donors (Lipinski definition) is 0. The van der Waals surface area contributed by atoms with Crippen LogP contribution in [0.15, 0.2) is 47.9 Å². The van der Waals surface area contributed by atoms with Gasteiger partial charge in [-0.05, 0) is 36.1 Å². The van der Waals surface area contributed by atoms with Crippen molar-refractivity contribution < 1.29 is 0 Å². The number of nitrogens with zero attached hydrogens (tertiary/aromatic N) is 6. The fourth-order valence-electron chi connectivity index (χ4n) is 3.17. The lowest BCUT2D eigenvalue weighted by Crippen LogP contribution is -2.07. The maximum atomic E-state index is 6.19. The van der Waals surface area contributed by atoms with Crippen molar-refractivity contribution in [3.05, 3.63) is 63.9 Å². The van der Waals surface area contributed by atoms with Crippen molar-refractivity contribution in [2.45, 2.75) is 37.6 Å². The zero-order valence-corrected chi connectivity index (χ0v) is 18.4. The summed E-state index contributed by atoms with van der Waals surface area (Å²) in [5.41, 5.74) is 5.34. The molecule has 6 nitrogen and oxygen atoms in total. The Morgan fingerprint density at radius 1 is 1.03 bits per heavy atom. The summed E-state index contributed by atoms with van der Waals surface area (Å²) < 4.78 is 6.67. The minimum Gasteiger partial charge on any atom is -0.269 e. The second-order valence-corrected chi connectivity index (χ2v) is 8.60. The lowest BCUT2D eigenvalue weighted by atomic mass is 10.0. The van der Waals surface area contributed by atoms with Crippen LogP contribution in [0.1, 0.15) is 30.7 Å². The molecule has 148 valence electrons. The molecular formula is C20H19ClN6S2. The van der Waals surface area contributed by atoms with Gasteiger partial charge in [0.15, 0.2) is 11.0 Å². The summed E-state index contributed by atoms with van der Waals surface area (Å²) in [6, 6.07) is 10.4. The van der Waals surface area contributed by atoms with E-state index >= 15 is 0 Å². The minimum atomic E-state index is 0.580. The monoisotopic (exact) mass is 442 g/mol. The third-order valence-electron chi connectivity index (χ3n) is 4.59. The number of halogens is 1. The van der Waals surface area contributed by atoms with E-state index in [1.807, 2.05) is 18.3 Å². The van der Waals surface area contributed by atoms with Crippen LogP contribution in [0.25, 0.3) is 17.1 Å². The van der Waals surface area contributed by atoms with E-state index in [2.05, 4.69) is 61.4 Å². The van der Waals surface area contributed by atoms with Gasteiger partial charge < -0.3 is 0 Å². The van der Waals surface area contributed by atoms with E-state index in [-0.39, 0.29) is 0 Å². The lowest BCUT2D eigenvalue weighted by molar-refractivity contribution is 0.856. The van der Waals surface area contributed by atoms with Crippen LogP contribution in [0, 0.1) is 0 Å². The van der Waals surface area contributed by atoms with Gasteiger partial charge in [-0.3, -0.25) is 9.55 Å². The number of pyridine rings is 1. The highest BCUT2D eigenvalue weighted by molar-refractivity contribution is 7.98. The molecule has 1 aromatic carbocycles. The maximum absolute atomic E-state index is 6.19. The maximum Gasteiger partial charge on any atom is 0.196 e. The van der Waals surface area contributed by atoms with Crippen molar-refractivity contribution in [1.82, 2.24) is 29.3 Å². The van der Waals surface area contributed by atoms with E-state index in [9.17, 15) is 0 Å². The molecule has 3 aromatic heterocycles. The van der Waals surface area contributed by atoms with Gasteiger partial charge in [0.05, 0.1) is 5.69 Å². The fraction of sp³-hybridized carbons (Fsp3) is 0.250. The molecule has 0 aliphatic heterocycles. The Morgan fingerprint density at radius 3 is 2.45 bits per heavy atom. The van der Waals surface area contributed by atoms with E-state index in [0.717, 1.165) is 40.8 Å². The molecule has 0 unspecified atom stereocenters. The number of aryl methyl sites for hydroxylation is 2. The normalized spacial score (nSPS) is 11.1. The van der Waals surface area contributed by atoms with Gasteiger partial charge in [-0.25, -0.2) is 0 Å². The average molecular weight is 443 g/mol. The third-order valence-corrected chi connectivity index (χ3v) is 6.51. The molecule has 0 radical (unpaired) electrons. The standard InChI is InChI=1S/C20H19ClN6S2/c1-3-13-7-5-8-14(4-2)17(13)27-19(15-9-6-10-22-11-15)24-25-20(27)28-12-16-18(21)29-26-23-16/h5-11H,3-4,12H2,1-2H3. The van der Waals surface area contributed by atoms with Crippen molar-refractivity contribution in [3.8, 4) is 17.1 Å². The van der Waals surface area contributed by atoms with E-state index in [0.29, 0.717) is 10.1 Å². The van der Waals surface area contributed by atoms with Crippen LogP contribution in [0.4, 0.5) is 0 Å². The highest BCUT2D eigenvalue weighted by Gasteiger charge is 2.21. The first-order chi connectivity index (χ1) is 14.2. The highest BCUT2D eigenvalue weighted by atomic mass is 35.5. The molecule has 0 saturated heterocycles. The summed E-state index contributed by atoms with van der Waals surface area (Å²) in [7, 11) is 0. The van der Waals surface area contributed by atoms with Crippen LogP contribution in [0.3, 0.4) is 0 Å². The lowest BCUT2D eigenvalue weighted by Gasteiger charge is -2.17. The molecule has 3 heterocycles. The number of rotatable bonds is 7. The summed E-state index contributed by atoms with van der Waals surface area (Å²) in [4.78, 5) is 4.27. The van der Waals surface area contributed by atoms with Crippen molar-refractivity contribution in [3.63, 3.8) is 0 Å². The topological polar surface area (TPSA) is 69.4 Å². The zero-order chi connectivity index (χ0) is 20.2. The van der Waals surface area contributed by atoms with E-state index in [1.165, 1.54) is 22.7 Å². The summed E-state index contributed by atoms with van der Waals surface area (Å²) >= 11 is 8.94. The molecule has 0 bridgehead atoms. The first kappa shape index (κ1) is 20.0. The van der Waals surface area contributed by atoms with E-state index in [1.54, 1.807) is 18.0 Å². The van der Waals surface area contributed by atoms with Crippen LogP contribution in [0.2, 0.25) is 4.34 Å². The van der Waals surface area contributed by atoms with Gasteiger partial charge in [0.1, 0.15) is 10.0 Å². The molecule has 0 saturated carbocycles. The van der Waals surface area contributed by atoms with Crippen LogP contribution in [0.5, 0.6) is 0 Å². The molecule has 0 spiro atoms. The average Bonchev–Trinajstić information content (AvgIpc) is 3.37. The fourth-order valence-corrected chi connectivity index (χ4v) is 4.84. The molecule has 0 amide bonds. The SMILES string of the molecule is CCc1cccc(CC)c1-n1c(SCc2nnsc2Cl)nnc1-c1cccnc1. The summed E-state index contributed by atoms with van der Waals surface area (Å²) in [6.07, 6.45) is 5.41. The molecule has 4 rings (SSSR count). The minimum absolute atomic E-state index is 0.580. The van der Waals surface area contributed by atoms with E-state index < -0.39 is 0 Å². The number of para-hydroxylation sites is 1. The Balaban J connectivity index is 1.86. The Morgan fingerprint density at radius 2 is 1.83 bits per heavy atom. The third kappa shape index (κ3) is 4.05. The molecule has 0 aliphatic carbocycles. The Labute approximate surface area is 182 Å². The highest BCUT2D eigenvalue weighted by Crippen LogP contribution is 2.34. The van der Waals surface area contributed by atoms with Gasteiger partial charge in [0.2, 0.25) is 0 Å². The van der Waals surface area contributed by atoms with Gasteiger partial charge in [-0.2, -0.15) is 0 Å². The van der Waals surface area contributed by atoms with Gasteiger partial charge in [-0.15, -0.1) is 15.3 Å². The second kappa shape index (κ2) is 9.02. The van der Waals surface area contributed by atoms with Crippen molar-refractivity contribution >= 4 is 34.9 Å². The molecule has 0 atom stereocenters. The Kier molecular flexibility index (Phi) is 6.22. The molecule has 0 N–H and O–H groups in total. The van der Waals surface area contributed by atoms with Crippen LogP contribution >= 0.6 is 34.9 Å². The Hall–Kier alpha value is -2.29. The zero-order valence-electron chi connectivity index (χ0n) is 16.0. The van der Waals surface area contributed by atoms with E-state index in [4.69, 9.17) is 11.6 Å². The molecule has 4 aromatic rings. The number of thioether (sulfide) groups is 1. The summed E-state index contributed by atoms with van der Waals surface area (Å²) in [5.74, 6) is 1.36.